The molecule has 0 fully saturated rings. The second-order valence-corrected chi connectivity index (χ2v) is 5.06. The number of nitrogens with zero attached hydrogens (tertiary/aromatic N) is 1. The van der Waals surface area contributed by atoms with Crippen molar-refractivity contribution in [2.45, 2.75) is 13.2 Å². The fourth-order valence-corrected chi connectivity index (χ4v) is 1.97. The van der Waals surface area contributed by atoms with Gasteiger partial charge in [-0.2, -0.15) is 8.78 Å². The summed E-state index contributed by atoms with van der Waals surface area (Å²) < 4.78 is 40.2. The zero-order valence-corrected chi connectivity index (χ0v) is 13.2. The van der Waals surface area contributed by atoms with Crippen LogP contribution in [0.5, 0.6) is 17.4 Å². The molecule has 2 rings (SSSR count). The van der Waals surface area contributed by atoms with Crippen molar-refractivity contribution in [3.8, 4) is 17.4 Å². The second-order valence-electron chi connectivity index (χ2n) is 3.95. The fraction of sp³-hybridized carbons (Fsp3) is 0.214. The van der Waals surface area contributed by atoms with Crippen LogP contribution >= 0.6 is 22.6 Å². The Hall–Kier alpha value is -1.64. The van der Waals surface area contributed by atoms with Crippen molar-refractivity contribution in [1.29, 1.82) is 0 Å². The third-order valence-electron chi connectivity index (χ3n) is 2.54. The Balaban J connectivity index is 2.08. The smallest absolute Gasteiger partial charge is 0.387 e. The third-order valence-corrected chi connectivity index (χ3v) is 3.14. The number of aromatic nitrogens is 1. The van der Waals surface area contributed by atoms with Gasteiger partial charge in [0.2, 0.25) is 0 Å². The van der Waals surface area contributed by atoms with Crippen molar-refractivity contribution >= 4 is 22.6 Å². The summed E-state index contributed by atoms with van der Waals surface area (Å²) in [7, 11) is 1.58. The van der Waals surface area contributed by atoms with Gasteiger partial charge in [0.15, 0.2) is 5.75 Å². The Kier molecular flexibility index (Phi) is 5.54. The van der Waals surface area contributed by atoms with Gasteiger partial charge < -0.3 is 14.2 Å². The van der Waals surface area contributed by atoms with E-state index in [1.54, 1.807) is 25.3 Å². The number of hydrogen-bond donors (Lipinski definition) is 0. The summed E-state index contributed by atoms with van der Waals surface area (Å²) in [5.74, 6) is 0.685. The minimum absolute atomic E-state index is 0.0398. The quantitative estimate of drug-likeness (QED) is 0.539. The molecule has 4 nitrogen and oxygen atoms in total. The van der Waals surface area contributed by atoms with Crippen molar-refractivity contribution in [2.75, 3.05) is 7.11 Å². The summed E-state index contributed by atoms with van der Waals surface area (Å²) in [6, 6.07) is 10.2. The molecule has 1 heterocycles. The van der Waals surface area contributed by atoms with Crippen LogP contribution in [0.2, 0.25) is 0 Å². The fourth-order valence-electron chi connectivity index (χ4n) is 1.57. The number of alkyl halides is 2. The van der Waals surface area contributed by atoms with Crippen LogP contribution < -0.4 is 14.2 Å². The first-order valence-electron chi connectivity index (χ1n) is 5.95. The molecule has 0 saturated heterocycles. The molecule has 1 aromatic heterocycles. The third kappa shape index (κ3) is 4.69. The number of halogens is 3. The second kappa shape index (κ2) is 7.39. The molecule has 0 aliphatic carbocycles. The van der Waals surface area contributed by atoms with E-state index in [1.807, 2.05) is 34.7 Å². The molecule has 7 heteroatoms. The Bertz CT molecular complexity index is 593. The van der Waals surface area contributed by atoms with Gasteiger partial charge in [-0.1, -0.05) is 12.1 Å². The van der Waals surface area contributed by atoms with Gasteiger partial charge in [0.1, 0.15) is 16.1 Å². The van der Waals surface area contributed by atoms with Gasteiger partial charge in [0, 0.05) is 0 Å². The lowest BCUT2D eigenvalue weighted by Gasteiger charge is -2.11. The Morgan fingerprint density at radius 3 is 2.48 bits per heavy atom. The average molecular weight is 407 g/mol. The monoisotopic (exact) mass is 407 g/mol. The molecule has 0 amide bonds. The molecule has 0 radical (unpaired) electrons. The standard InChI is InChI=1S/C14H12F2INO3/c1-19-10-4-2-9(3-5-10)8-20-13-11(21-14(15)16)6-7-12(17)18-13/h2-7,14H,8H2,1H3. The first-order chi connectivity index (χ1) is 10.1. The summed E-state index contributed by atoms with van der Waals surface area (Å²) in [6.07, 6.45) is 0. The van der Waals surface area contributed by atoms with Gasteiger partial charge in [-0.25, -0.2) is 4.98 Å². The van der Waals surface area contributed by atoms with E-state index in [2.05, 4.69) is 9.72 Å². The van der Waals surface area contributed by atoms with Crippen molar-refractivity contribution in [1.82, 2.24) is 4.98 Å². The summed E-state index contributed by atoms with van der Waals surface area (Å²) in [6.45, 7) is -2.73. The van der Waals surface area contributed by atoms with E-state index < -0.39 is 6.61 Å². The molecule has 0 spiro atoms. The number of benzene rings is 1. The SMILES string of the molecule is COc1ccc(COc2nc(I)ccc2OC(F)F)cc1. The van der Waals surface area contributed by atoms with E-state index in [-0.39, 0.29) is 18.2 Å². The van der Waals surface area contributed by atoms with Crippen molar-refractivity contribution in [3.63, 3.8) is 0 Å². The number of ether oxygens (including phenoxy) is 3. The first kappa shape index (κ1) is 15.7. The van der Waals surface area contributed by atoms with Gasteiger partial charge in [-0.15, -0.1) is 0 Å². The van der Waals surface area contributed by atoms with Crippen LogP contribution in [0.15, 0.2) is 36.4 Å². The lowest BCUT2D eigenvalue weighted by molar-refractivity contribution is -0.0520. The van der Waals surface area contributed by atoms with E-state index in [1.165, 1.54) is 6.07 Å². The molecule has 0 aliphatic rings. The Morgan fingerprint density at radius 1 is 1.14 bits per heavy atom. The Morgan fingerprint density at radius 2 is 1.86 bits per heavy atom. The van der Waals surface area contributed by atoms with Crippen LogP contribution in [-0.4, -0.2) is 18.7 Å². The van der Waals surface area contributed by atoms with Crippen LogP contribution in [0.3, 0.4) is 0 Å². The lowest BCUT2D eigenvalue weighted by Crippen LogP contribution is -2.06. The zero-order chi connectivity index (χ0) is 15.2. The van der Waals surface area contributed by atoms with E-state index in [9.17, 15) is 8.78 Å². The van der Waals surface area contributed by atoms with Gasteiger partial charge in [0.05, 0.1) is 7.11 Å². The molecule has 21 heavy (non-hydrogen) atoms. The van der Waals surface area contributed by atoms with E-state index >= 15 is 0 Å². The van der Waals surface area contributed by atoms with Crippen LogP contribution in [0.4, 0.5) is 8.78 Å². The van der Waals surface area contributed by atoms with Gasteiger partial charge in [-0.3, -0.25) is 0 Å². The molecule has 0 atom stereocenters. The van der Waals surface area contributed by atoms with Crippen LogP contribution in [0, 0.1) is 3.70 Å². The highest BCUT2D eigenvalue weighted by Gasteiger charge is 2.13. The maximum Gasteiger partial charge on any atom is 0.387 e. The summed E-state index contributed by atoms with van der Waals surface area (Å²) in [4.78, 5) is 4.06. The largest absolute Gasteiger partial charge is 0.497 e. The van der Waals surface area contributed by atoms with Gasteiger partial charge in [-0.05, 0) is 52.4 Å². The average Bonchev–Trinajstić information content (AvgIpc) is 2.47. The van der Waals surface area contributed by atoms with Crippen LogP contribution in [0.25, 0.3) is 0 Å². The molecular weight excluding hydrogens is 395 g/mol. The molecule has 0 aliphatic heterocycles. The number of hydrogen-bond acceptors (Lipinski definition) is 4. The highest BCUT2D eigenvalue weighted by Crippen LogP contribution is 2.28. The minimum atomic E-state index is -2.92. The normalized spacial score (nSPS) is 10.5. The predicted octanol–water partition coefficient (Wildman–Crippen LogP) is 3.88. The highest BCUT2D eigenvalue weighted by molar-refractivity contribution is 14.1. The van der Waals surface area contributed by atoms with E-state index in [4.69, 9.17) is 9.47 Å². The molecule has 112 valence electrons. The van der Waals surface area contributed by atoms with Gasteiger partial charge in [0.25, 0.3) is 5.88 Å². The molecule has 0 saturated carbocycles. The van der Waals surface area contributed by atoms with Crippen LogP contribution in [0.1, 0.15) is 5.56 Å². The topological polar surface area (TPSA) is 40.6 Å². The molecule has 0 N–H and O–H groups in total. The van der Waals surface area contributed by atoms with Crippen molar-refractivity contribution in [3.05, 3.63) is 45.7 Å². The Labute approximate surface area is 134 Å². The molecule has 1 aromatic carbocycles. The summed E-state index contributed by atoms with van der Waals surface area (Å²) in [5.41, 5.74) is 0.861. The maximum atomic E-state index is 12.3. The summed E-state index contributed by atoms with van der Waals surface area (Å²) in [5, 5.41) is 0. The maximum absolute atomic E-state index is 12.3. The van der Waals surface area contributed by atoms with Crippen LogP contribution in [-0.2, 0) is 6.61 Å². The number of pyridine rings is 1. The lowest BCUT2D eigenvalue weighted by atomic mass is 10.2. The van der Waals surface area contributed by atoms with Gasteiger partial charge >= 0.3 is 6.61 Å². The van der Waals surface area contributed by atoms with Crippen molar-refractivity contribution < 1.29 is 23.0 Å². The van der Waals surface area contributed by atoms with E-state index in [0.717, 1.165) is 11.3 Å². The summed E-state index contributed by atoms with van der Waals surface area (Å²) >= 11 is 1.97. The predicted molar refractivity (Wildman–Crippen MR) is 80.9 cm³/mol. The molecule has 0 unspecified atom stereocenters. The first-order valence-corrected chi connectivity index (χ1v) is 7.03. The molecule has 2 aromatic rings. The van der Waals surface area contributed by atoms with Crippen molar-refractivity contribution in [2.24, 2.45) is 0 Å². The minimum Gasteiger partial charge on any atom is -0.497 e. The molecule has 0 bridgehead atoms. The number of rotatable bonds is 6. The van der Waals surface area contributed by atoms with E-state index in [0.29, 0.717) is 3.70 Å². The highest BCUT2D eigenvalue weighted by atomic mass is 127. The number of methoxy groups -OCH3 is 1. The zero-order valence-electron chi connectivity index (χ0n) is 11.1. The molecular formula is C14H12F2INO3.